The van der Waals surface area contributed by atoms with Crippen molar-refractivity contribution in [3.8, 4) is 10.6 Å². The predicted molar refractivity (Wildman–Crippen MR) is 93.0 cm³/mol. The molecule has 0 saturated heterocycles. The van der Waals surface area contributed by atoms with Gasteiger partial charge in [0.1, 0.15) is 10.7 Å². The lowest BCUT2D eigenvalue weighted by Crippen LogP contribution is -2.13. The number of rotatable bonds is 4. The van der Waals surface area contributed by atoms with Gasteiger partial charge in [-0.05, 0) is 24.3 Å². The fourth-order valence-electron chi connectivity index (χ4n) is 2.08. The number of aryl methyl sites for hydroxylation is 1. The molecule has 0 aliphatic rings. The highest BCUT2D eigenvalue weighted by Gasteiger charge is 2.13. The van der Waals surface area contributed by atoms with Gasteiger partial charge in [-0.25, -0.2) is 4.98 Å². The summed E-state index contributed by atoms with van der Waals surface area (Å²) in [7, 11) is 5.80. The Morgan fingerprint density at radius 3 is 2.61 bits per heavy atom. The number of hydrogen-bond acceptors (Lipinski definition) is 5. The second-order valence-electron chi connectivity index (χ2n) is 5.34. The number of nitrogens with one attached hydrogen (secondary N) is 1. The molecular weight excluding hydrogens is 310 g/mol. The number of hydrogen-bond donors (Lipinski definition) is 1. The molecule has 2 heterocycles. The summed E-state index contributed by atoms with van der Waals surface area (Å²) in [5.41, 5.74) is 3.14. The number of anilines is 2. The largest absolute Gasteiger partial charge is 0.378 e. The van der Waals surface area contributed by atoms with Crippen LogP contribution in [-0.2, 0) is 7.05 Å². The summed E-state index contributed by atoms with van der Waals surface area (Å²) in [6.45, 7) is 0. The van der Waals surface area contributed by atoms with Crippen molar-refractivity contribution in [3.05, 3.63) is 47.7 Å². The van der Waals surface area contributed by atoms with Gasteiger partial charge in [-0.15, -0.1) is 11.3 Å². The van der Waals surface area contributed by atoms with Gasteiger partial charge in [-0.1, -0.05) is 0 Å². The van der Waals surface area contributed by atoms with Crippen LogP contribution in [0.1, 0.15) is 10.5 Å². The number of thiazole rings is 1. The molecule has 0 atom stereocenters. The average Bonchev–Trinajstić information content (AvgIpc) is 3.16. The standard InChI is InChI=1S/C16H17N5OS/c1-20(2)13-6-4-12(5-7-13)18-15(22)14-10-23-16(19-14)11-8-17-21(3)9-11/h4-10H,1-3H3,(H,18,22). The normalized spacial score (nSPS) is 10.6. The van der Waals surface area contributed by atoms with E-state index in [1.54, 1.807) is 16.3 Å². The van der Waals surface area contributed by atoms with Crippen LogP contribution < -0.4 is 10.2 Å². The van der Waals surface area contributed by atoms with E-state index >= 15 is 0 Å². The Labute approximate surface area is 138 Å². The van der Waals surface area contributed by atoms with Crippen LogP contribution in [-0.4, -0.2) is 34.8 Å². The van der Waals surface area contributed by atoms with Crippen molar-refractivity contribution in [2.24, 2.45) is 7.05 Å². The molecule has 0 radical (unpaired) electrons. The third-order valence-electron chi connectivity index (χ3n) is 3.33. The lowest BCUT2D eigenvalue weighted by atomic mass is 10.2. The SMILES string of the molecule is CN(C)c1ccc(NC(=O)c2csc(-c3cnn(C)c3)n2)cc1. The van der Waals surface area contributed by atoms with E-state index in [0.29, 0.717) is 5.69 Å². The molecule has 1 N–H and O–H groups in total. The van der Waals surface area contributed by atoms with Gasteiger partial charge in [0.05, 0.1) is 6.20 Å². The second kappa shape index (κ2) is 6.21. The maximum Gasteiger partial charge on any atom is 0.275 e. The summed E-state index contributed by atoms with van der Waals surface area (Å²) in [4.78, 5) is 18.7. The average molecular weight is 327 g/mol. The van der Waals surface area contributed by atoms with Crippen molar-refractivity contribution >= 4 is 28.6 Å². The summed E-state index contributed by atoms with van der Waals surface area (Å²) in [5.74, 6) is -0.214. The summed E-state index contributed by atoms with van der Waals surface area (Å²) in [5, 5.41) is 9.52. The molecule has 3 rings (SSSR count). The van der Waals surface area contributed by atoms with Gasteiger partial charge in [-0.2, -0.15) is 5.10 Å². The minimum absolute atomic E-state index is 0.214. The van der Waals surface area contributed by atoms with E-state index in [1.165, 1.54) is 11.3 Å². The Morgan fingerprint density at radius 1 is 1.26 bits per heavy atom. The first-order valence-corrected chi connectivity index (χ1v) is 7.94. The van der Waals surface area contributed by atoms with Crippen molar-refractivity contribution in [2.45, 2.75) is 0 Å². The van der Waals surface area contributed by atoms with Gasteiger partial charge in [0, 0.05) is 49.7 Å². The zero-order valence-corrected chi connectivity index (χ0v) is 14.0. The van der Waals surface area contributed by atoms with Gasteiger partial charge in [-0.3, -0.25) is 9.48 Å². The number of nitrogens with zero attached hydrogens (tertiary/aromatic N) is 4. The molecule has 1 amide bonds. The fourth-order valence-corrected chi connectivity index (χ4v) is 2.86. The van der Waals surface area contributed by atoms with Gasteiger partial charge in [0.25, 0.3) is 5.91 Å². The minimum Gasteiger partial charge on any atom is -0.378 e. The topological polar surface area (TPSA) is 63.1 Å². The van der Waals surface area contributed by atoms with Crippen molar-refractivity contribution in [3.63, 3.8) is 0 Å². The molecule has 23 heavy (non-hydrogen) atoms. The van der Waals surface area contributed by atoms with Crippen LogP contribution in [0.4, 0.5) is 11.4 Å². The monoisotopic (exact) mass is 327 g/mol. The molecule has 6 nitrogen and oxygen atoms in total. The van der Waals surface area contributed by atoms with Crippen LogP contribution in [0.5, 0.6) is 0 Å². The number of carbonyl (C=O) groups excluding carboxylic acids is 1. The Kier molecular flexibility index (Phi) is 4.12. The molecule has 118 valence electrons. The first kappa shape index (κ1) is 15.2. The van der Waals surface area contributed by atoms with E-state index in [-0.39, 0.29) is 5.91 Å². The van der Waals surface area contributed by atoms with Crippen molar-refractivity contribution in [2.75, 3.05) is 24.3 Å². The third kappa shape index (κ3) is 3.40. The van der Waals surface area contributed by atoms with Gasteiger partial charge < -0.3 is 10.2 Å². The molecule has 0 aliphatic carbocycles. The summed E-state index contributed by atoms with van der Waals surface area (Å²) >= 11 is 1.43. The highest BCUT2D eigenvalue weighted by molar-refractivity contribution is 7.13. The predicted octanol–water partition coefficient (Wildman–Crippen LogP) is 2.86. The summed E-state index contributed by atoms with van der Waals surface area (Å²) in [6.07, 6.45) is 3.61. The lowest BCUT2D eigenvalue weighted by Gasteiger charge is -2.12. The molecule has 0 bridgehead atoms. The van der Waals surface area contributed by atoms with E-state index in [2.05, 4.69) is 15.4 Å². The Balaban J connectivity index is 1.72. The Bertz CT molecular complexity index is 819. The number of amides is 1. The molecule has 3 aromatic rings. The van der Waals surface area contributed by atoms with E-state index in [4.69, 9.17) is 0 Å². The highest BCUT2D eigenvalue weighted by Crippen LogP contribution is 2.23. The molecule has 0 unspecified atom stereocenters. The van der Waals surface area contributed by atoms with Crippen LogP contribution in [0, 0.1) is 0 Å². The Morgan fingerprint density at radius 2 is 2.00 bits per heavy atom. The van der Waals surface area contributed by atoms with Crippen molar-refractivity contribution < 1.29 is 4.79 Å². The Hall–Kier alpha value is -2.67. The molecular formula is C16H17N5OS. The summed E-state index contributed by atoms with van der Waals surface area (Å²) in [6, 6.07) is 7.67. The minimum atomic E-state index is -0.214. The van der Waals surface area contributed by atoms with E-state index in [1.807, 2.05) is 56.5 Å². The first-order chi connectivity index (χ1) is 11.0. The lowest BCUT2D eigenvalue weighted by molar-refractivity contribution is 0.102. The van der Waals surface area contributed by atoms with Crippen molar-refractivity contribution in [1.29, 1.82) is 0 Å². The molecule has 1 aromatic carbocycles. The molecule has 0 spiro atoms. The number of carbonyl (C=O) groups is 1. The molecule has 0 fully saturated rings. The molecule has 7 heteroatoms. The maximum atomic E-state index is 12.3. The third-order valence-corrected chi connectivity index (χ3v) is 4.22. The van der Waals surface area contributed by atoms with Crippen LogP contribution >= 0.6 is 11.3 Å². The van der Waals surface area contributed by atoms with Gasteiger partial charge >= 0.3 is 0 Å². The van der Waals surface area contributed by atoms with Gasteiger partial charge in [0.15, 0.2) is 0 Å². The van der Waals surface area contributed by atoms with Crippen LogP contribution in [0.15, 0.2) is 42.0 Å². The first-order valence-electron chi connectivity index (χ1n) is 7.06. The summed E-state index contributed by atoms with van der Waals surface area (Å²) < 4.78 is 1.71. The van der Waals surface area contributed by atoms with Crippen molar-refractivity contribution in [1.82, 2.24) is 14.8 Å². The van der Waals surface area contributed by atoms with Gasteiger partial charge in [0.2, 0.25) is 0 Å². The number of aromatic nitrogens is 3. The molecule has 0 aliphatic heterocycles. The van der Waals surface area contributed by atoms with E-state index < -0.39 is 0 Å². The fraction of sp³-hybridized carbons (Fsp3) is 0.188. The molecule has 2 aromatic heterocycles. The van der Waals surface area contributed by atoms with Crippen LogP contribution in [0.3, 0.4) is 0 Å². The van der Waals surface area contributed by atoms with Crippen LogP contribution in [0.2, 0.25) is 0 Å². The zero-order valence-electron chi connectivity index (χ0n) is 13.1. The highest BCUT2D eigenvalue weighted by atomic mass is 32.1. The zero-order chi connectivity index (χ0) is 16.4. The van der Waals surface area contributed by atoms with Crippen LogP contribution in [0.25, 0.3) is 10.6 Å². The second-order valence-corrected chi connectivity index (χ2v) is 6.19. The smallest absolute Gasteiger partial charge is 0.275 e. The van der Waals surface area contributed by atoms with E-state index in [0.717, 1.165) is 21.9 Å². The maximum absolute atomic E-state index is 12.3. The number of benzene rings is 1. The van der Waals surface area contributed by atoms with E-state index in [9.17, 15) is 4.79 Å². The quantitative estimate of drug-likeness (QED) is 0.800. The molecule has 0 saturated carbocycles.